The van der Waals surface area contributed by atoms with E-state index in [1.54, 1.807) is 0 Å². The first-order valence-corrected chi connectivity index (χ1v) is 9.41. The number of nitrogens with two attached hydrogens (primary N) is 1. The Balaban J connectivity index is 1.73. The molecule has 1 aliphatic heterocycles. The van der Waals surface area contributed by atoms with Gasteiger partial charge in [0.15, 0.2) is 5.69 Å². The number of fused-ring (bicyclic) bond motifs is 1. The third-order valence-electron chi connectivity index (χ3n) is 5.40. The lowest BCUT2D eigenvalue weighted by molar-refractivity contribution is -0.140. The zero-order chi connectivity index (χ0) is 23.1. The van der Waals surface area contributed by atoms with E-state index in [2.05, 4.69) is 20.1 Å². The van der Waals surface area contributed by atoms with Crippen LogP contribution in [0.2, 0.25) is 0 Å². The first-order valence-electron chi connectivity index (χ1n) is 9.41. The molecule has 0 unspecified atom stereocenters. The minimum absolute atomic E-state index is 0.0797. The minimum atomic E-state index is -4.67. The van der Waals surface area contributed by atoms with Crippen molar-refractivity contribution in [2.75, 3.05) is 25.0 Å². The average molecular weight is 444 g/mol. The van der Waals surface area contributed by atoms with Crippen molar-refractivity contribution >= 4 is 28.3 Å². The lowest BCUT2D eigenvalue weighted by Crippen LogP contribution is -2.65. The summed E-state index contributed by atoms with van der Waals surface area (Å²) in [6, 6.07) is 7.15. The second-order valence-electron chi connectivity index (χ2n) is 7.56. The van der Waals surface area contributed by atoms with Crippen LogP contribution in [0.25, 0.3) is 15.7 Å². The number of primary amides is 1. The molecule has 0 aliphatic carbocycles. The number of halogens is 4. The number of carbonyl (C=O) groups excluding carboxylic acids is 1. The highest BCUT2D eigenvalue weighted by Crippen LogP contribution is 2.37. The van der Waals surface area contributed by atoms with Crippen LogP contribution in [0.15, 0.2) is 42.6 Å². The summed E-state index contributed by atoms with van der Waals surface area (Å²) in [4.78, 5) is 24.0. The van der Waals surface area contributed by atoms with Crippen LogP contribution in [-0.4, -0.2) is 40.5 Å². The molecule has 1 fully saturated rings. The highest BCUT2D eigenvalue weighted by molar-refractivity contribution is 5.94. The Kier molecular flexibility index (Phi) is 5.08. The van der Waals surface area contributed by atoms with Crippen molar-refractivity contribution in [2.24, 2.45) is 5.73 Å². The molecule has 0 saturated carbocycles. The van der Waals surface area contributed by atoms with Crippen LogP contribution in [0.3, 0.4) is 0 Å². The number of anilines is 1. The Labute approximate surface area is 179 Å². The highest BCUT2D eigenvalue weighted by Gasteiger charge is 2.47. The number of carbonyl (C=O) groups is 1. The van der Waals surface area contributed by atoms with Crippen molar-refractivity contribution in [1.82, 2.24) is 14.9 Å². The zero-order valence-corrected chi connectivity index (χ0v) is 16.4. The number of likely N-dealkylation sites (tertiary alicyclic amines) is 1. The molecule has 4 rings (SSSR count). The molecule has 2 aromatic heterocycles. The van der Waals surface area contributed by atoms with Gasteiger partial charge in [-0.1, -0.05) is 6.07 Å². The summed E-state index contributed by atoms with van der Waals surface area (Å²) in [5.41, 5.74) is 4.40. The van der Waals surface area contributed by atoms with Crippen LogP contribution in [-0.2, 0) is 11.6 Å². The van der Waals surface area contributed by atoms with Gasteiger partial charge < -0.3 is 16.0 Å². The maximum absolute atomic E-state index is 13.4. The maximum Gasteiger partial charge on any atom is 0.433 e. The lowest BCUT2D eigenvalue weighted by atomic mass is 9.76. The van der Waals surface area contributed by atoms with Crippen LogP contribution >= 0.6 is 0 Å². The number of rotatable bonds is 4. The molecular weight excluding hydrogens is 428 g/mol. The number of nitrogens with one attached hydrogen (secondary N) is 1. The summed E-state index contributed by atoms with van der Waals surface area (Å²) < 4.78 is 53.5. The fourth-order valence-electron chi connectivity index (χ4n) is 3.73. The number of alkyl halides is 3. The summed E-state index contributed by atoms with van der Waals surface area (Å²) in [5.74, 6) is -0.537. The van der Waals surface area contributed by atoms with Crippen molar-refractivity contribution in [1.29, 1.82) is 0 Å². The normalized spacial score (nSPS) is 15.2. The molecule has 11 heteroatoms. The monoisotopic (exact) mass is 444 g/mol. The molecule has 32 heavy (non-hydrogen) atoms. The van der Waals surface area contributed by atoms with Gasteiger partial charge in [0.2, 0.25) is 0 Å². The van der Waals surface area contributed by atoms with Crippen LogP contribution in [0.5, 0.6) is 0 Å². The third kappa shape index (κ3) is 3.87. The molecule has 1 aliphatic rings. The topological polar surface area (TPSA) is 88.5 Å². The number of amides is 2. The van der Waals surface area contributed by atoms with E-state index >= 15 is 0 Å². The molecule has 0 atom stereocenters. The molecule has 0 radical (unpaired) electrons. The number of nitrogens with zero attached hydrogens (tertiary/aromatic N) is 4. The minimum Gasteiger partial charge on any atom is -0.383 e. The fourth-order valence-corrected chi connectivity index (χ4v) is 3.73. The number of aromatic nitrogens is 2. The molecule has 1 saturated heterocycles. The average Bonchev–Trinajstić information content (AvgIpc) is 2.72. The Bertz CT molecular complexity index is 1230. The van der Waals surface area contributed by atoms with Gasteiger partial charge in [-0.05, 0) is 30.3 Å². The van der Waals surface area contributed by atoms with Gasteiger partial charge in [0.25, 0.3) is 0 Å². The Morgan fingerprint density at radius 1 is 1.25 bits per heavy atom. The standard InChI is InChI=1S/C21H16F4N6O/c1-27-13-3-4-15-14(6-13)16(7-18(30-15)21(23,24)25)29-9-20(10-31(11-20)19(26)32)17-5-2-12(22)8-28-17/h2-8H,9-11H2,(H2,26,32)(H,29,30). The van der Waals surface area contributed by atoms with E-state index in [0.717, 1.165) is 12.3 Å². The number of hydrogen-bond acceptors (Lipinski definition) is 4. The molecule has 0 bridgehead atoms. The number of urea groups is 1. The van der Waals surface area contributed by atoms with Crippen molar-refractivity contribution in [3.05, 3.63) is 71.2 Å². The molecule has 0 spiro atoms. The largest absolute Gasteiger partial charge is 0.433 e. The fraction of sp³-hybridized carbons (Fsp3) is 0.238. The van der Waals surface area contributed by atoms with Crippen molar-refractivity contribution in [3.63, 3.8) is 0 Å². The zero-order valence-electron chi connectivity index (χ0n) is 16.4. The molecule has 3 aromatic rings. The van der Waals surface area contributed by atoms with E-state index < -0.39 is 29.1 Å². The predicted molar refractivity (Wildman–Crippen MR) is 109 cm³/mol. The van der Waals surface area contributed by atoms with E-state index in [1.807, 2.05) is 0 Å². The SMILES string of the molecule is [C-]#[N+]c1ccc2nc(C(F)(F)F)cc(NCC3(c4ccc(F)cn4)CN(C(N)=O)C3)c2c1. The summed E-state index contributed by atoms with van der Waals surface area (Å²) in [7, 11) is 0. The van der Waals surface area contributed by atoms with E-state index in [4.69, 9.17) is 12.3 Å². The highest BCUT2D eigenvalue weighted by atomic mass is 19.4. The Morgan fingerprint density at radius 3 is 2.59 bits per heavy atom. The van der Waals surface area contributed by atoms with Crippen molar-refractivity contribution < 1.29 is 22.4 Å². The summed E-state index contributed by atoms with van der Waals surface area (Å²) in [6.07, 6.45) is -3.63. The molecule has 164 valence electrons. The van der Waals surface area contributed by atoms with E-state index in [1.165, 1.54) is 35.2 Å². The van der Waals surface area contributed by atoms with Gasteiger partial charge in [-0.15, -0.1) is 0 Å². The van der Waals surface area contributed by atoms with E-state index in [-0.39, 0.29) is 36.5 Å². The smallest absolute Gasteiger partial charge is 0.383 e. The first-order chi connectivity index (χ1) is 15.1. The first kappa shape index (κ1) is 21.3. The Hall–Kier alpha value is -3.94. The number of benzene rings is 1. The summed E-state index contributed by atoms with van der Waals surface area (Å²) in [6.45, 7) is 7.60. The second kappa shape index (κ2) is 7.64. The maximum atomic E-state index is 13.4. The van der Waals surface area contributed by atoms with Gasteiger partial charge in [0, 0.05) is 30.7 Å². The van der Waals surface area contributed by atoms with E-state index in [0.29, 0.717) is 11.1 Å². The lowest BCUT2D eigenvalue weighted by Gasteiger charge is -2.49. The van der Waals surface area contributed by atoms with Crippen molar-refractivity contribution in [2.45, 2.75) is 11.6 Å². The van der Waals surface area contributed by atoms with Crippen LogP contribution in [0.1, 0.15) is 11.4 Å². The third-order valence-corrected chi connectivity index (χ3v) is 5.40. The molecule has 1 aromatic carbocycles. The van der Waals surface area contributed by atoms with Crippen LogP contribution in [0, 0.1) is 12.4 Å². The predicted octanol–water partition coefficient (Wildman–Crippen LogP) is 4.08. The van der Waals surface area contributed by atoms with Gasteiger partial charge >= 0.3 is 12.2 Å². The van der Waals surface area contributed by atoms with E-state index in [9.17, 15) is 22.4 Å². The number of hydrogen-bond donors (Lipinski definition) is 2. The van der Waals surface area contributed by atoms with Gasteiger partial charge in [0.05, 0.1) is 29.4 Å². The van der Waals surface area contributed by atoms with Crippen LogP contribution in [0.4, 0.5) is 33.7 Å². The molecule has 2 amide bonds. The second-order valence-corrected chi connectivity index (χ2v) is 7.56. The van der Waals surface area contributed by atoms with Gasteiger partial charge in [-0.3, -0.25) is 4.98 Å². The molecular formula is C21H16F4N6O. The molecule has 7 nitrogen and oxygen atoms in total. The summed E-state index contributed by atoms with van der Waals surface area (Å²) in [5, 5.41) is 3.36. The number of pyridine rings is 2. The van der Waals surface area contributed by atoms with Gasteiger partial charge in [-0.2, -0.15) is 13.2 Å². The summed E-state index contributed by atoms with van der Waals surface area (Å²) >= 11 is 0. The van der Waals surface area contributed by atoms with Crippen LogP contribution < -0.4 is 11.1 Å². The Morgan fingerprint density at radius 2 is 2.00 bits per heavy atom. The van der Waals surface area contributed by atoms with Gasteiger partial charge in [0.1, 0.15) is 11.5 Å². The van der Waals surface area contributed by atoms with Gasteiger partial charge in [-0.25, -0.2) is 19.0 Å². The molecule has 3 N–H and O–H groups in total. The van der Waals surface area contributed by atoms with Crippen molar-refractivity contribution in [3.8, 4) is 0 Å². The quantitative estimate of drug-likeness (QED) is 0.469. The molecule has 3 heterocycles.